The van der Waals surface area contributed by atoms with Crippen LogP contribution >= 0.6 is 23.2 Å². The van der Waals surface area contributed by atoms with Gasteiger partial charge in [-0.2, -0.15) is 0 Å². The van der Waals surface area contributed by atoms with Gasteiger partial charge < -0.3 is 26.0 Å². The van der Waals surface area contributed by atoms with Gasteiger partial charge in [-0.05, 0) is 63.0 Å². The molecule has 1 heterocycles. The minimum absolute atomic E-state index is 0.109. The summed E-state index contributed by atoms with van der Waals surface area (Å²) in [5.74, 6) is -4.08. The zero-order valence-electron chi connectivity index (χ0n) is 23.3. The molecule has 1 unspecified atom stereocenters. The van der Waals surface area contributed by atoms with Crippen LogP contribution in [-0.4, -0.2) is 69.1 Å². The number of carbonyl (C=O) groups excluding carboxylic acids is 5. The predicted octanol–water partition coefficient (Wildman–Crippen LogP) is 2.26. The molecule has 0 aromatic heterocycles. The summed E-state index contributed by atoms with van der Waals surface area (Å²) in [6.45, 7) is 5.30. The summed E-state index contributed by atoms with van der Waals surface area (Å²) in [5.41, 5.74) is 6.65. The predicted molar refractivity (Wildman–Crippen MR) is 151 cm³/mol. The Balaban J connectivity index is 1.39. The van der Waals surface area contributed by atoms with Crippen molar-refractivity contribution in [3.05, 3.63) is 35.4 Å². The molecule has 5 atom stereocenters. The normalized spacial score (nSPS) is 25.9. The third-order valence-electron chi connectivity index (χ3n) is 8.52. The maximum Gasteiger partial charge on any atom is 0.408 e. The van der Waals surface area contributed by atoms with E-state index in [2.05, 4.69) is 10.6 Å². The van der Waals surface area contributed by atoms with E-state index in [-0.39, 0.29) is 24.3 Å². The number of hydrogen-bond donors (Lipinski definition) is 3. The van der Waals surface area contributed by atoms with Crippen molar-refractivity contribution in [1.82, 2.24) is 15.5 Å². The zero-order valence-corrected chi connectivity index (χ0v) is 24.8. The van der Waals surface area contributed by atoms with Crippen LogP contribution in [0, 0.1) is 23.7 Å². The SMILES string of the molecule is CC(C)(C)OC(=O)N[C@H](C(=O)N1C[C@H]2[C@@H]([C@H]1C(=O)NC(CC1CC1)C(=O)C(N)=O)C2(Cl)Cl)C1Cc2ccccc2C1. The van der Waals surface area contributed by atoms with Gasteiger partial charge in [0.1, 0.15) is 22.0 Å². The molecular weight excluding hydrogens is 571 g/mol. The fourth-order valence-corrected chi connectivity index (χ4v) is 7.13. The van der Waals surface area contributed by atoms with E-state index in [9.17, 15) is 24.0 Å². The number of nitrogens with two attached hydrogens (primary N) is 1. The molecule has 4 amide bonds. The molecule has 1 aliphatic heterocycles. The molecule has 222 valence electrons. The Kier molecular flexibility index (Phi) is 7.78. The molecule has 4 N–H and O–H groups in total. The number of piperidine rings is 1. The molecule has 0 spiro atoms. The number of rotatable bonds is 9. The topological polar surface area (TPSA) is 148 Å². The van der Waals surface area contributed by atoms with Gasteiger partial charge in [-0.1, -0.05) is 37.1 Å². The molecule has 12 heteroatoms. The average molecular weight is 608 g/mol. The van der Waals surface area contributed by atoms with E-state index < -0.39 is 63.6 Å². The number of likely N-dealkylation sites (tertiary alicyclic amines) is 1. The largest absolute Gasteiger partial charge is 0.444 e. The van der Waals surface area contributed by atoms with Gasteiger partial charge in [0.2, 0.25) is 17.6 Å². The molecular formula is C29H36Cl2N4O6. The minimum Gasteiger partial charge on any atom is -0.444 e. The summed E-state index contributed by atoms with van der Waals surface area (Å²) < 4.78 is 4.26. The van der Waals surface area contributed by atoms with E-state index in [0.717, 1.165) is 24.0 Å². The number of Topliss-reactive ketones (excluding diaryl/α,β-unsaturated/α-hetero) is 1. The molecule has 1 aromatic carbocycles. The van der Waals surface area contributed by atoms with Crippen LogP contribution in [0.1, 0.15) is 51.2 Å². The lowest BCUT2D eigenvalue weighted by Gasteiger charge is -2.35. The first-order valence-corrected chi connectivity index (χ1v) is 14.8. The molecule has 0 radical (unpaired) electrons. The second-order valence-electron chi connectivity index (χ2n) is 12.8. The van der Waals surface area contributed by atoms with Crippen LogP contribution in [0.25, 0.3) is 0 Å². The molecule has 0 bridgehead atoms. The maximum absolute atomic E-state index is 14.2. The molecule has 10 nitrogen and oxygen atoms in total. The Morgan fingerprint density at radius 3 is 2.22 bits per heavy atom. The highest BCUT2D eigenvalue weighted by Gasteiger charge is 2.74. The monoisotopic (exact) mass is 606 g/mol. The number of carbonyl (C=O) groups is 5. The third-order valence-corrected chi connectivity index (χ3v) is 9.58. The van der Waals surface area contributed by atoms with E-state index in [0.29, 0.717) is 19.3 Å². The average Bonchev–Trinajstić information content (AvgIpc) is 3.63. The third kappa shape index (κ3) is 6.18. The van der Waals surface area contributed by atoms with Gasteiger partial charge in [-0.25, -0.2) is 4.79 Å². The highest BCUT2D eigenvalue weighted by atomic mass is 35.5. The van der Waals surface area contributed by atoms with Crippen molar-refractivity contribution in [3.63, 3.8) is 0 Å². The summed E-state index contributed by atoms with van der Waals surface area (Å²) in [6, 6.07) is 4.69. The molecule has 41 heavy (non-hydrogen) atoms. The fraction of sp³-hybridized carbons (Fsp3) is 0.621. The van der Waals surface area contributed by atoms with Crippen LogP contribution < -0.4 is 16.4 Å². The Labute approximate surface area is 249 Å². The number of ether oxygens (including phenoxy) is 1. The van der Waals surface area contributed by atoms with Crippen LogP contribution in [0.3, 0.4) is 0 Å². The molecule has 1 saturated heterocycles. The fourth-order valence-electron chi connectivity index (χ4n) is 6.30. The lowest BCUT2D eigenvalue weighted by atomic mass is 9.94. The number of nitrogens with one attached hydrogen (secondary N) is 2. The van der Waals surface area contributed by atoms with Crippen LogP contribution in [0.5, 0.6) is 0 Å². The Hall–Kier alpha value is -2.85. The number of alkyl carbamates (subject to hydrolysis) is 1. The summed E-state index contributed by atoms with van der Waals surface area (Å²) in [6.07, 6.45) is 2.46. The second-order valence-corrected chi connectivity index (χ2v) is 14.2. The Bertz CT molecular complexity index is 1250. The van der Waals surface area contributed by atoms with E-state index in [1.807, 2.05) is 24.3 Å². The molecule has 3 fully saturated rings. The smallest absolute Gasteiger partial charge is 0.408 e. The first kappa shape index (κ1) is 29.6. The molecule has 4 aliphatic rings. The van der Waals surface area contributed by atoms with E-state index in [1.165, 1.54) is 4.90 Å². The van der Waals surface area contributed by atoms with Crippen molar-refractivity contribution < 1.29 is 28.7 Å². The molecule has 5 rings (SSSR count). The van der Waals surface area contributed by atoms with Gasteiger partial charge >= 0.3 is 6.09 Å². The van der Waals surface area contributed by atoms with Crippen molar-refractivity contribution in [1.29, 1.82) is 0 Å². The van der Waals surface area contributed by atoms with E-state index >= 15 is 0 Å². The van der Waals surface area contributed by atoms with Gasteiger partial charge in [-0.3, -0.25) is 19.2 Å². The first-order valence-electron chi connectivity index (χ1n) is 14.1. The van der Waals surface area contributed by atoms with Crippen molar-refractivity contribution in [2.24, 2.45) is 29.4 Å². The lowest BCUT2D eigenvalue weighted by Crippen LogP contribution is -2.60. The lowest BCUT2D eigenvalue weighted by molar-refractivity contribution is -0.144. The van der Waals surface area contributed by atoms with Gasteiger partial charge in [0, 0.05) is 18.4 Å². The number of fused-ring (bicyclic) bond motifs is 2. The Morgan fingerprint density at radius 1 is 1.07 bits per heavy atom. The Morgan fingerprint density at radius 2 is 1.68 bits per heavy atom. The number of alkyl halides is 2. The van der Waals surface area contributed by atoms with Gasteiger partial charge in [0.15, 0.2) is 0 Å². The van der Waals surface area contributed by atoms with Crippen molar-refractivity contribution in [3.8, 4) is 0 Å². The van der Waals surface area contributed by atoms with Gasteiger partial charge in [0.05, 0.1) is 6.04 Å². The number of primary amides is 1. The summed E-state index contributed by atoms with van der Waals surface area (Å²) in [4.78, 5) is 66.5. The maximum atomic E-state index is 14.2. The first-order chi connectivity index (χ1) is 19.2. The summed E-state index contributed by atoms with van der Waals surface area (Å²) in [5, 5.41) is 5.45. The van der Waals surface area contributed by atoms with Gasteiger partial charge in [0.25, 0.3) is 5.91 Å². The van der Waals surface area contributed by atoms with Crippen LogP contribution in [0.2, 0.25) is 0 Å². The standard InChI is InChI=1S/C29H36Cl2N4O6/c1-28(2,3)41-27(40)34-21(17-11-15-6-4-5-7-16(15)12-17)26(39)35-13-18-20(29(18,30)31)22(35)25(38)33-19(10-14-8-9-14)23(36)24(32)37/h4-7,14,17-22H,8-13H2,1-3H3,(H2,32,37)(H,33,38)(H,34,40)/t18-,19?,20-,21-,22-/m0/s1. The van der Waals surface area contributed by atoms with Gasteiger partial charge in [-0.15, -0.1) is 23.2 Å². The molecule has 1 aromatic rings. The van der Waals surface area contributed by atoms with Crippen molar-refractivity contribution in [2.75, 3.05) is 6.54 Å². The van der Waals surface area contributed by atoms with Crippen LogP contribution in [0.4, 0.5) is 4.79 Å². The highest BCUT2D eigenvalue weighted by Crippen LogP contribution is 2.65. The number of nitrogens with zero attached hydrogens (tertiary/aromatic N) is 1. The van der Waals surface area contributed by atoms with Crippen molar-refractivity contribution >= 4 is 52.8 Å². The number of halogens is 2. The van der Waals surface area contributed by atoms with E-state index in [4.69, 9.17) is 33.7 Å². The molecule has 3 aliphatic carbocycles. The second kappa shape index (κ2) is 10.8. The van der Waals surface area contributed by atoms with E-state index in [1.54, 1.807) is 20.8 Å². The number of benzene rings is 1. The zero-order chi connectivity index (χ0) is 29.9. The molecule has 2 saturated carbocycles. The number of hydrogen-bond acceptors (Lipinski definition) is 6. The summed E-state index contributed by atoms with van der Waals surface area (Å²) >= 11 is 13.0. The minimum atomic E-state index is -1.21. The number of ketones is 1. The van der Waals surface area contributed by atoms with Crippen LogP contribution in [-0.2, 0) is 36.8 Å². The highest BCUT2D eigenvalue weighted by molar-refractivity contribution is 6.51. The van der Waals surface area contributed by atoms with Crippen LogP contribution in [0.15, 0.2) is 24.3 Å². The summed E-state index contributed by atoms with van der Waals surface area (Å²) in [7, 11) is 0. The van der Waals surface area contributed by atoms with Crippen molar-refractivity contribution in [2.45, 2.75) is 80.9 Å². The quantitative estimate of drug-likeness (QED) is 0.290. The number of amides is 4.